The SMILES string of the molecule is CCOC(=O)c1c(NC(=O)CCCc2ccc(C)cc2)sc(C)c1-c1ccc(F)cc1. The minimum Gasteiger partial charge on any atom is -0.462 e. The van der Waals surface area contributed by atoms with E-state index in [9.17, 15) is 14.0 Å². The first-order valence-corrected chi connectivity index (χ1v) is 11.1. The number of ether oxygens (including phenoxy) is 1. The quantitative estimate of drug-likeness (QED) is 0.419. The molecule has 0 saturated carbocycles. The number of esters is 1. The van der Waals surface area contributed by atoms with Crippen LogP contribution in [0.4, 0.5) is 9.39 Å². The summed E-state index contributed by atoms with van der Waals surface area (Å²) < 4.78 is 18.6. The molecule has 0 aliphatic carbocycles. The van der Waals surface area contributed by atoms with Crippen molar-refractivity contribution in [3.05, 3.63) is 75.9 Å². The number of rotatable bonds is 8. The highest BCUT2D eigenvalue weighted by molar-refractivity contribution is 7.17. The topological polar surface area (TPSA) is 55.4 Å². The van der Waals surface area contributed by atoms with Crippen LogP contribution in [0.15, 0.2) is 48.5 Å². The second-order valence-corrected chi connectivity index (χ2v) is 8.58. The molecule has 0 saturated heterocycles. The van der Waals surface area contributed by atoms with E-state index in [1.807, 2.05) is 13.8 Å². The molecule has 0 unspecified atom stereocenters. The molecule has 0 bridgehead atoms. The molecule has 0 atom stereocenters. The van der Waals surface area contributed by atoms with Crippen LogP contribution in [-0.2, 0) is 16.0 Å². The van der Waals surface area contributed by atoms with Crippen molar-refractivity contribution < 1.29 is 18.7 Å². The molecule has 0 spiro atoms. The van der Waals surface area contributed by atoms with E-state index < -0.39 is 5.97 Å². The first-order valence-electron chi connectivity index (χ1n) is 10.3. The van der Waals surface area contributed by atoms with Crippen LogP contribution in [0.2, 0.25) is 0 Å². The maximum absolute atomic E-state index is 13.4. The van der Waals surface area contributed by atoms with Gasteiger partial charge >= 0.3 is 5.97 Å². The fourth-order valence-corrected chi connectivity index (χ4v) is 4.47. The van der Waals surface area contributed by atoms with Gasteiger partial charge in [0.15, 0.2) is 0 Å². The van der Waals surface area contributed by atoms with Crippen LogP contribution < -0.4 is 5.32 Å². The number of benzene rings is 2. The second-order valence-electron chi connectivity index (χ2n) is 7.35. The average molecular weight is 440 g/mol. The van der Waals surface area contributed by atoms with Crippen LogP contribution in [0.25, 0.3) is 11.1 Å². The summed E-state index contributed by atoms with van der Waals surface area (Å²) in [6.45, 7) is 5.87. The minimum atomic E-state index is -0.499. The first-order chi connectivity index (χ1) is 14.9. The summed E-state index contributed by atoms with van der Waals surface area (Å²) >= 11 is 1.33. The van der Waals surface area contributed by atoms with E-state index in [0.717, 1.165) is 11.3 Å². The van der Waals surface area contributed by atoms with Gasteiger partial charge in [0.2, 0.25) is 5.91 Å². The van der Waals surface area contributed by atoms with E-state index in [-0.39, 0.29) is 18.3 Å². The molecule has 3 aromatic rings. The molecule has 6 heteroatoms. The Morgan fingerprint density at radius 2 is 1.71 bits per heavy atom. The van der Waals surface area contributed by atoms with Gasteiger partial charge in [-0.3, -0.25) is 4.79 Å². The van der Waals surface area contributed by atoms with E-state index in [2.05, 4.69) is 29.6 Å². The second kappa shape index (κ2) is 10.4. The number of hydrogen-bond donors (Lipinski definition) is 1. The number of aryl methyl sites for hydroxylation is 3. The zero-order valence-electron chi connectivity index (χ0n) is 18.0. The lowest BCUT2D eigenvalue weighted by Gasteiger charge is -2.09. The molecule has 4 nitrogen and oxygen atoms in total. The molecule has 1 aromatic heterocycles. The molecule has 31 heavy (non-hydrogen) atoms. The lowest BCUT2D eigenvalue weighted by molar-refractivity contribution is -0.116. The smallest absolute Gasteiger partial charge is 0.341 e. The third-order valence-corrected chi connectivity index (χ3v) is 5.96. The maximum Gasteiger partial charge on any atom is 0.341 e. The van der Waals surface area contributed by atoms with Crippen LogP contribution in [0, 0.1) is 19.7 Å². The van der Waals surface area contributed by atoms with Crippen molar-refractivity contribution in [3.63, 3.8) is 0 Å². The minimum absolute atomic E-state index is 0.149. The van der Waals surface area contributed by atoms with Gasteiger partial charge in [0.1, 0.15) is 16.4 Å². The number of carbonyl (C=O) groups is 2. The molecular formula is C25H26FNO3S. The van der Waals surface area contributed by atoms with Crippen molar-refractivity contribution in [1.82, 2.24) is 0 Å². The number of halogens is 1. The molecule has 0 fully saturated rings. The Morgan fingerprint density at radius 1 is 1.03 bits per heavy atom. The Kier molecular flexibility index (Phi) is 7.58. The number of hydrogen-bond acceptors (Lipinski definition) is 4. The summed E-state index contributed by atoms with van der Waals surface area (Å²) in [5.74, 6) is -0.998. The van der Waals surface area contributed by atoms with E-state index in [4.69, 9.17) is 4.74 Å². The van der Waals surface area contributed by atoms with Crippen molar-refractivity contribution in [2.24, 2.45) is 0 Å². The molecular weight excluding hydrogens is 413 g/mol. The summed E-state index contributed by atoms with van der Waals surface area (Å²) in [5.41, 5.74) is 4.09. The molecule has 0 aliphatic heterocycles. The fourth-order valence-electron chi connectivity index (χ4n) is 3.39. The lowest BCUT2D eigenvalue weighted by Crippen LogP contribution is -2.14. The van der Waals surface area contributed by atoms with E-state index >= 15 is 0 Å². The summed E-state index contributed by atoms with van der Waals surface area (Å²) in [6, 6.07) is 14.2. The molecule has 1 N–H and O–H groups in total. The van der Waals surface area contributed by atoms with Gasteiger partial charge < -0.3 is 10.1 Å². The van der Waals surface area contributed by atoms with E-state index in [0.29, 0.717) is 34.5 Å². The Morgan fingerprint density at radius 3 is 2.35 bits per heavy atom. The van der Waals surface area contributed by atoms with Crippen LogP contribution >= 0.6 is 11.3 Å². The predicted molar refractivity (Wildman–Crippen MR) is 123 cm³/mol. The zero-order valence-corrected chi connectivity index (χ0v) is 18.8. The number of amides is 1. The number of thiophene rings is 1. The third-order valence-electron chi connectivity index (χ3n) is 4.94. The Labute approximate surface area is 186 Å². The lowest BCUT2D eigenvalue weighted by atomic mass is 10.0. The molecule has 1 heterocycles. The highest BCUT2D eigenvalue weighted by Gasteiger charge is 2.25. The highest BCUT2D eigenvalue weighted by Crippen LogP contribution is 2.40. The molecule has 3 rings (SSSR count). The predicted octanol–water partition coefficient (Wildman–Crippen LogP) is 6.31. The van der Waals surface area contributed by atoms with E-state index in [1.165, 1.54) is 34.6 Å². The van der Waals surface area contributed by atoms with Crippen molar-refractivity contribution >= 4 is 28.2 Å². The monoisotopic (exact) mass is 439 g/mol. The van der Waals surface area contributed by atoms with Gasteiger partial charge in [-0.05, 0) is 56.9 Å². The normalized spacial score (nSPS) is 10.7. The molecule has 2 aromatic carbocycles. The van der Waals surface area contributed by atoms with Gasteiger partial charge in [0, 0.05) is 16.9 Å². The van der Waals surface area contributed by atoms with Crippen LogP contribution in [0.5, 0.6) is 0 Å². The molecule has 0 radical (unpaired) electrons. The summed E-state index contributed by atoms with van der Waals surface area (Å²) in [6.07, 6.45) is 1.86. The standard InChI is InChI=1S/C25H26FNO3S/c1-4-30-25(29)23-22(19-12-14-20(26)15-13-19)17(3)31-24(23)27-21(28)7-5-6-18-10-8-16(2)9-11-18/h8-15H,4-7H2,1-3H3,(H,27,28). The van der Waals surface area contributed by atoms with Gasteiger partial charge in [-0.15, -0.1) is 11.3 Å². The van der Waals surface area contributed by atoms with Gasteiger partial charge in [-0.25, -0.2) is 9.18 Å². The molecule has 0 aliphatic rings. The third kappa shape index (κ3) is 5.79. The van der Waals surface area contributed by atoms with Gasteiger partial charge in [-0.1, -0.05) is 42.0 Å². The van der Waals surface area contributed by atoms with Crippen molar-refractivity contribution in [1.29, 1.82) is 0 Å². The number of carbonyl (C=O) groups excluding carboxylic acids is 2. The average Bonchev–Trinajstić information content (AvgIpc) is 3.06. The van der Waals surface area contributed by atoms with Crippen molar-refractivity contribution in [2.45, 2.75) is 40.0 Å². The van der Waals surface area contributed by atoms with Crippen molar-refractivity contribution in [3.8, 4) is 11.1 Å². The fraction of sp³-hybridized carbons (Fsp3) is 0.280. The largest absolute Gasteiger partial charge is 0.462 e. The zero-order chi connectivity index (χ0) is 22.4. The first kappa shape index (κ1) is 22.7. The Balaban J connectivity index is 1.77. The summed E-state index contributed by atoms with van der Waals surface area (Å²) in [5, 5.41) is 3.36. The van der Waals surface area contributed by atoms with Crippen LogP contribution in [0.3, 0.4) is 0 Å². The highest BCUT2D eigenvalue weighted by atomic mass is 32.1. The number of anilines is 1. The molecule has 1 amide bonds. The van der Waals surface area contributed by atoms with Crippen LogP contribution in [0.1, 0.15) is 46.1 Å². The summed E-state index contributed by atoms with van der Waals surface area (Å²) in [7, 11) is 0. The maximum atomic E-state index is 13.4. The van der Waals surface area contributed by atoms with Gasteiger partial charge in [-0.2, -0.15) is 0 Å². The van der Waals surface area contributed by atoms with Gasteiger partial charge in [0.25, 0.3) is 0 Å². The van der Waals surface area contributed by atoms with Crippen LogP contribution in [-0.4, -0.2) is 18.5 Å². The Bertz CT molecular complexity index is 1060. The van der Waals surface area contributed by atoms with E-state index in [1.54, 1.807) is 19.1 Å². The van der Waals surface area contributed by atoms with Gasteiger partial charge in [0.05, 0.1) is 6.61 Å². The number of nitrogens with one attached hydrogen (secondary N) is 1. The summed E-state index contributed by atoms with van der Waals surface area (Å²) in [4.78, 5) is 26.1. The van der Waals surface area contributed by atoms with Crippen molar-refractivity contribution in [2.75, 3.05) is 11.9 Å². The molecule has 162 valence electrons. The Hall–Kier alpha value is -2.99.